The van der Waals surface area contributed by atoms with Gasteiger partial charge >= 0.3 is 0 Å². The number of benzene rings is 1. The Morgan fingerprint density at radius 1 is 1.30 bits per heavy atom. The van der Waals surface area contributed by atoms with Crippen LogP contribution in [0.3, 0.4) is 0 Å². The van der Waals surface area contributed by atoms with Crippen molar-refractivity contribution in [2.75, 3.05) is 11.9 Å². The Morgan fingerprint density at radius 2 is 2.10 bits per heavy atom. The summed E-state index contributed by atoms with van der Waals surface area (Å²) in [5.41, 5.74) is 1.89. The van der Waals surface area contributed by atoms with Crippen molar-refractivity contribution in [3.8, 4) is 17.1 Å². The molecule has 0 atom stereocenters. The predicted octanol–water partition coefficient (Wildman–Crippen LogP) is 3.81. The highest BCUT2D eigenvalue weighted by Crippen LogP contribution is 2.40. The van der Waals surface area contributed by atoms with Crippen LogP contribution in [0.1, 0.15) is 31.4 Å². The molecule has 0 radical (unpaired) electrons. The van der Waals surface area contributed by atoms with Crippen LogP contribution in [-0.4, -0.2) is 21.6 Å². The first-order chi connectivity index (χ1) is 9.67. The standard InChI is InChI=1S/C15H16ClN3O/c1-2-17-14-8-12(9-3-4-9)18-15(19-14)10-5-6-13(20)11(16)7-10/h5-9,20H,2-4H2,1H3,(H,17,18,19). The highest BCUT2D eigenvalue weighted by atomic mass is 35.5. The van der Waals surface area contributed by atoms with E-state index >= 15 is 0 Å². The molecule has 4 nitrogen and oxygen atoms in total. The van der Waals surface area contributed by atoms with Gasteiger partial charge in [-0.1, -0.05) is 11.6 Å². The van der Waals surface area contributed by atoms with Crippen LogP contribution < -0.4 is 5.32 Å². The van der Waals surface area contributed by atoms with Gasteiger partial charge in [0.15, 0.2) is 5.82 Å². The number of hydrogen-bond donors (Lipinski definition) is 2. The molecular formula is C15H16ClN3O. The molecular weight excluding hydrogens is 274 g/mol. The first-order valence-corrected chi connectivity index (χ1v) is 7.17. The Bertz CT molecular complexity index is 641. The fourth-order valence-corrected chi connectivity index (χ4v) is 2.28. The second kappa shape index (κ2) is 5.29. The maximum atomic E-state index is 9.50. The smallest absolute Gasteiger partial charge is 0.161 e. The molecule has 1 aromatic carbocycles. The van der Waals surface area contributed by atoms with E-state index in [9.17, 15) is 5.11 Å². The molecule has 3 rings (SSSR count). The van der Waals surface area contributed by atoms with E-state index in [1.165, 1.54) is 12.8 Å². The van der Waals surface area contributed by atoms with Crippen molar-refractivity contribution in [2.45, 2.75) is 25.7 Å². The molecule has 20 heavy (non-hydrogen) atoms. The van der Waals surface area contributed by atoms with Gasteiger partial charge in [0, 0.05) is 29.8 Å². The number of hydrogen-bond acceptors (Lipinski definition) is 4. The summed E-state index contributed by atoms with van der Waals surface area (Å²) in [6.45, 7) is 2.85. The molecule has 0 aliphatic heterocycles. The fraction of sp³-hybridized carbons (Fsp3) is 0.333. The van der Waals surface area contributed by atoms with E-state index in [4.69, 9.17) is 11.6 Å². The molecule has 104 valence electrons. The average molecular weight is 290 g/mol. The molecule has 1 fully saturated rings. The third-order valence-electron chi connectivity index (χ3n) is 3.31. The van der Waals surface area contributed by atoms with E-state index in [1.54, 1.807) is 18.2 Å². The Labute approximate surface area is 122 Å². The lowest BCUT2D eigenvalue weighted by atomic mass is 10.2. The van der Waals surface area contributed by atoms with E-state index < -0.39 is 0 Å². The zero-order chi connectivity index (χ0) is 14.1. The van der Waals surface area contributed by atoms with Gasteiger partial charge in [-0.25, -0.2) is 9.97 Å². The SMILES string of the molecule is CCNc1cc(C2CC2)nc(-c2ccc(O)c(Cl)c2)n1. The number of aromatic nitrogens is 2. The molecule has 0 spiro atoms. The van der Waals surface area contributed by atoms with Crippen LogP contribution in [0.5, 0.6) is 5.75 Å². The van der Waals surface area contributed by atoms with Crippen LogP contribution >= 0.6 is 11.6 Å². The summed E-state index contributed by atoms with van der Waals surface area (Å²) in [5.74, 6) is 2.11. The minimum Gasteiger partial charge on any atom is -0.506 e. The maximum absolute atomic E-state index is 9.50. The third kappa shape index (κ3) is 2.70. The van der Waals surface area contributed by atoms with Crippen molar-refractivity contribution in [1.29, 1.82) is 0 Å². The predicted molar refractivity (Wildman–Crippen MR) is 80.3 cm³/mol. The van der Waals surface area contributed by atoms with Crippen LogP contribution in [0.25, 0.3) is 11.4 Å². The van der Waals surface area contributed by atoms with Crippen LogP contribution in [0.15, 0.2) is 24.3 Å². The van der Waals surface area contributed by atoms with Gasteiger partial charge < -0.3 is 10.4 Å². The second-order valence-electron chi connectivity index (χ2n) is 4.97. The number of nitrogens with one attached hydrogen (secondary N) is 1. The van der Waals surface area contributed by atoms with Gasteiger partial charge in [0.25, 0.3) is 0 Å². The summed E-state index contributed by atoms with van der Waals surface area (Å²) in [6.07, 6.45) is 2.39. The maximum Gasteiger partial charge on any atom is 0.161 e. The summed E-state index contributed by atoms with van der Waals surface area (Å²) in [5, 5.41) is 13.0. The van der Waals surface area contributed by atoms with E-state index in [1.807, 2.05) is 13.0 Å². The van der Waals surface area contributed by atoms with Gasteiger partial charge in [0.05, 0.1) is 5.02 Å². The van der Waals surface area contributed by atoms with Gasteiger partial charge in [0.1, 0.15) is 11.6 Å². The normalized spacial score (nSPS) is 14.3. The summed E-state index contributed by atoms with van der Waals surface area (Å²) in [6, 6.07) is 7.06. The van der Waals surface area contributed by atoms with E-state index in [2.05, 4.69) is 15.3 Å². The van der Waals surface area contributed by atoms with Gasteiger partial charge in [-0.05, 0) is 38.0 Å². The topological polar surface area (TPSA) is 58.0 Å². The molecule has 1 heterocycles. The zero-order valence-electron chi connectivity index (χ0n) is 11.2. The molecule has 2 N–H and O–H groups in total. The van der Waals surface area contributed by atoms with Crippen LogP contribution in [0.2, 0.25) is 5.02 Å². The molecule has 1 aromatic heterocycles. The van der Waals surface area contributed by atoms with Crippen molar-refractivity contribution in [1.82, 2.24) is 9.97 Å². The fourth-order valence-electron chi connectivity index (χ4n) is 2.10. The quantitative estimate of drug-likeness (QED) is 0.898. The molecule has 0 amide bonds. The summed E-state index contributed by atoms with van der Waals surface area (Å²) < 4.78 is 0. The Hall–Kier alpha value is -1.81. The van der Waals surface area contributed by atoms with Crippen molar-refractivity contribution >= 4 is 17.4 Å². The van der Waals surface area contributed by atoms with Crippen molar-refractivity contribution < 1.29 is 5.11 Å². The number of aromatic hydroxyl groups is 1. The molecule has 2 aromatic rings. The number of phenols is 1. The van der Waals surface area contributed by atoms with Crippen molar-refractivity contribution in [3.63, 3.8) is 0 Å². The van der Waals surface area contributed by atoms with Gasteiger partial charge in [-0.3, -0.25) is 0 Å². The monoisotopic (exact) mass is 289 g/mol. The molecule has 0 saturated heterocycles. The van der Waals surface area contributed by atoms with Gasteiger partial charge in [-0.2, -0.15) is 0 Å². The summed E-state index contributed by atoms with van der Waals surface area (Å²) in [7, 11) is 0. The van der Waals surface area contributed by atoms with E-state index in [0.717, 1.165) is 23.6 Å². The number of rotatable bonds is 4. The van der Waals surface area contributed by atoms with Gasteiger partial charge in [-0.15, -0.1) is 0 Å². The highest BCUT2D eigenvalue weighted by Gasteiger charge is 2.26. The van der Waals surface area contributed by atoms with Gasteiger partial charge in [0.2, 0.25) is 0 Å². The first kappa shape index (κ1) is 13.2. The molecule has 5 heteroatoms. The van der Waals surface area contributed by atoms with E-state index in [0.29, 0.717) is 16.8 Å². The Morgan fingerprint density at radius 3 is 2.75 bits per heavy atom. The minimum atomic E-state index is 0.0701. The number of phenolic OH excluding ortho intramolecular Hbond substituents is 1. The lowest BCUT2D eigenvalue weighted by Crippen LogP contribution is -2.03. The Balaban J connectivity index is 2.04. The molecule has 0 bridgehead atoms. The summed E-state index contributed by atoms with van der Waals surface area (Å²) in [4.78, 5) is 9.14. The lowest BCUT2D eigenvalue weighted by Gasteiger charge is -2.09. The van der Waals surface area contributed by atoms with Crippen LogP contribution in [0, 0.1) is 0 Å². The molecule has 1 saturated carbocycles. The Kier molecular flexibility index (Phi) is 3.49. The summed E-state index contributed by atoms with van der Waals surface area (Å²) >= 11 is 5.96. The molecule has 1 aliphatic carbocycles. The van der Waals surface area contributed by atoms with Crippen molar-refractivity contribution in [3.05, 3.63) is 35.0 Å². The molecule has 0 unspecified atom stereocenters. The largest absolute Gasteiger partial charge is 0.506 e. The van der Waals surface area contributed by atoms with Crippen LogP contribution in [0.4, 0.5) is 5.82 Å². The lowest BCUT2D eigenvalue weighted by molar-refractivity contribution is 0.475. The average Bonchev–Trinajstić information content (AvgIpc) is 3.26. The minimum absolute atomic E-state index is 0.0701. The first-order valence-electron chi connectivity index (χ1n) is 6.79. The molecule has 1 aliphatic rings. The number of halogens is 1. The van der Waals surface area contributed by atoms with E-state index in [-0.39, 0.29) is 5.75 Å². The third-order valence-corrected chi connectivity index (χ3v) is 3.61. The number of anilines is 1. The van der Waals surface area contributed by atoms with Crippen molar-refractivity contribution in [2.24, 2.45) is 0 Å². The van der Waals surface area contributed by atoms with Crippen LogP contribution in [-0.2, 0) is 0 Å². The highest BCUT2D eigenvalue weighted by molar-refractivity contribution is 6.32. The second-order valence-corrected chi connectivity index (χ2v) is 5.38. The number of nitrogens with zero attached hydrogens (tertiary/aromatic N) is 2. The zero-order valence-corrected chi connectivity index (χ0v) is 12.0.